The second-order valence-corrected chi connectivity index (χ2v) is 11.1. The number of ether oxygens (including phenoxy) is 1. The molecule has 10 heteroatoms. The number of allylic oxidation sites excluding steroid dienone is 1. The van der Waals surface area contributed by atoms with Crippen LogP contribution in [-0.2, 0) is 30.4 Å². The largest absolute Gasteiger partial charge is 0.481 e. The first-order valence-corrected chi connectivity index (χ1v) is 15.9. The van der Waals surface area contributed by atoms with E-state index in [0.29, 0.717) is 36.4 Å². The van der Waals surface area contributed by atoms with E-state index < -0.39 is 48.1 Å². The molecule has 1 unspecified atom stereocenters. The third kappa shape index (κ3) is 17.7. The van der Waals surface area contributed by atoms with Crippen LogP contribution in [0, 0.1) is 23.7 Å². The van der Waals surface area contributed by atoms with Gasteiger partial charge in [0.25, 0.3) is 0 Å². The number of carbonyl (C=O) groups excluding carboxylic acids is 2. The Kier molecular flexibility index (Phi) is 20.1. The number of hydrogen-bond acceptors (Lipinski definition) is 6. The van der Waals surface area contributed by atoms with E-state index in [-0.39, 0.29) is 13.0 Å². The molecule has 0 bridgehead atoms. The number of unbranched alkanes of at least 4 members (excludes halogenated alkanes) is 8. The molecule has 1 aromatic rings. The molecule has 0 spiro atoms. The summed E-state index contributed by atoms with van der Waals surface area (Å²) in [5, 5.41) is 31.2. The first kappa shape index (κ1) is 38.9. The molecular formula is C35H49NO9. The van der Waals surface area contributed by atoms with Crippen LogP contribution in [0.2, 0.25) is 0 Å². The van der Waals surface area contributed by atoms with Gasteiger partial charge in [-0.05, 0) is 50.3 Å². The summed E-state index contributed by atoms with van der Waals surface area (Å²) >= 11 is 0. The smallest absolute Gasteiger partial charge is 0.326 e. The molecule has 0 heterocycles. The van der Waals surface area contributed by atoms with Crippen molar-refractivity contribution in [3.8, 4) is 17.6 Å². The molecule has 0 aliphatic rings. The number of ketones is 1. The fourth-order valence-electron chi connectivity index (χ4n) is 4.81. The summed E-state index contributed by atoms with van der Waals surface area (Å²) in [7, 11) is 0. The van der Waals surface area contributed by atoms with Gasteiger partial charge in [0.2, 0.25) is 5.91 Å². The van der Waals surface area contributed by atoms with Gasteiger partial charge in [-0.1, -0.05) is 75.7 Å². The van der Waals surface area contributed by atoms with E-state index in [1.165, 1.54) is 25.3 Å². The van der Waals surface area contributed by atoms with Crippen LogP contribution in [-0.4, -0.2) is 57.6 Å². The lowest BCUT2D eigenvalue weighted by Gasteiger charge is -2.22. The van der Waals surface area contributed by atoms with Crippen LogP contribution >= 0.6 is 0 Å². The second kappa shape index (κ2) is 23.3. The number of carboxylic acids is 3. The van der Waals surface area contributed by atoms with Gasteiger partial charge in [-0.3, -0.25) is 19.2 Å². The maximum Gasteiger partial charge on any atom is 0.326 e. The van der Waals surface area contributed by atoms with Crippen molar-refractivity contribution in [1.29, 1.82) is 0 Å². The molecule has 248 valence electrons. The molecular weight excluding hydrogens is 578 g/mol. The number of amides is 1. The van der Waals surface area contributed by atoms with Gasteiger partial charge in [0.1, 0.15) is 24.2 Å². The summed E-state index contributed by atoms with van der Waals surface area (Å²) in [6.45, 7) is 4.06. The van der Waals surface area contributed by atoms with Crippen molar-refractivity contribution in [3.63, 3.8) is 0 Å². The highest BCUT2D eigenvalue weighted by Gasteiger charge is 2.35. The highest BCUT2D eigenvalue weighted by Crippen LogP contribution is 2.21. The van der Waals surface area contributed by atoms with Gasteiger partial charge in [0, 0.05) is 19.3 Å². The zero-order valence-electron chi connectivity index (χ0n) is 26.6. The van der Waals surface area contributed by atoms with Crippen LogP contribution in [0.4, 0.5) is 0 Å². The molecule has 3 atom stereocenters. The maximum absolute atomic E-state index is 13.2. The maximum atomic E-state index is 13.2. The zero-order chi connectivity index (χ0) is 33.5. The van der Waals surface area contributed by atoms with Crippen LogP contribution in [0.15, 0.2) is 36.4 Å². The van der Waals surface area contributed by atoms with E-state index in [0.717, 1.165) is 38.5 Å². The molecule has 1 aromatic carbocycles. The first-order chi connectivity index (χ1) is 21.6. The lowest BCUT2D eigenvalue weighted by Crippen LogP contribution is -2.47. The Morgan fingerprint density at radius 2 is 1.49 bits per heavy atom. The Balaban J connectivity index is 2.74. The SMILES string of the molecule is CC#CCOc1ccc(C[C@H](NC(=O)[C@@H](/C=C/CCCCCCC(=O)CCCCCCC)C(CC(=O)O)C(=O)O)C(=O)O)cc1. The van der Waals surface area contributed by atoms with Crippen molar-refractivity contribution in [3.05, 3.63) is 42.0 Å². The minimum Gasteiger partial charge on any atom is -0.481 e. The number of benzene rings is 1. The van der Waals surface area contributed by atoms with Crippen LogP contribution in [0.5, 0.6) is 5.75 Å². The fraction of sp³-hybridized carbons (Fsp3) is 0.571. The van der Waals surface area contributed by atoms with Gasteiger partial charge in [-0.15, -0.1) is 5.92 Å². The first-order valence-electron chi connectivity index (χ1n) is 15.9. The zero-order valence-corrected chi connectivity index (χ0v) is 26.6. The summed E-state index contributed by atoms with van der Waals surface area (Å²) in [5.41, 5.74) is 0.595. The Labute approximate surface area is 266 Å². The summed E-state index contributed by atoms with van der Waals surface area (Å²) in [4.78, 5) is 60.6. The van der Waals surface area contributed by atoms with E-state index in [1.807, 2.05) is 0 Å². The van der Waals surface area contributed by atoms with E-state index in [2.05, 4.69) is 24.1 Å². The lowest BCUT2D eigenvalue weighted by molar-refractivity contribution is -0.152. The third-order valence-corrected chi connectivity index (χ3v) is 7.39. The molecule has 45 heavy (non-hydrogen) atoms. The van der Waals surface area contributed by atoms with Crippen molar-refractivity contribution in [1.82, 2.24) is 5.32 Å². The Morgan fingerprint density at radius 1 is 0.867 bits per heavy atom. The number of rotatable bonds is 25. The van der Waals surface area contributed by atoms with Gasteiger partial charge in [-0.2, -0.15) is 0 Å². The minimum absolute atomic E-state index is 0.0788. The van der Waals surface area contributed by atoms with Gasteiger partial charge < -0.3 is 25.4 Å². The van der Waals surface area contributed by atoms with E-state index in [4.69, 9.17) is 4.74 Å². The van der Waals surface area contributed by atoms with E-state index in [9.17, 15) is 39.3 Å². The van der Waals surface area contributed by atoms with Crippen LogP contribution < -0.4 is 10.1 Å². The molecule has 0 aromatic heterocycles. The van der Waals surface area contributed by atoms with Gasteiger partial charge in [-0.25, -0.2) is 4.79 Å². The molecule has 1 amide bonds. The van der Waals surface area contributed by atoms with Crippen molar-refractivity contribution >= 4 is 29.6 Å². The third-order valence-electron chi connectivity index (χ3n) is 7.39. The summed E-state index contributed by atoms with van der Waals surface area (Å²) in [5.74, 6) is -1.68. The molecule has 0 aliphatic carbocycles. The Bertz CT molecular complexity index is 1160. The molecule has 0 aliphatic heterocycles. The average molecular weight is 628 g/mol. The molecule has 0 saturated carbocycles. The van der Waals surface area contributed by atoms with Gasteiger partial charge in [0.05, 0.1) is 18.3 Å². The van der Waals surface area contributed by atoms with Gasteiger partial charge in [0.15, 0.2) is 0 Å². The van der Waals surface area contributed by atoms with Crippen LogP contribution in [0.3, 0.4) is 0 Å². The summed E-state index contributed by atoms with van der Waals surface area (Å²) < 4.78 is 5.45. The van der Waals surface area contributed by atoms with Crippen molar-refractivity contribution < 1.29 is 44.0 Å². The van der Waals surface area contributed by atoms with E-state index >= 15 is 0 Å². The number of carboxylic acid groups (broad SMARTS) is 3. The fourth-order valence-corrected chi connectivity index (χ4v) is 4.81. The topological polar surface area (TPSA) is 167 Å². The van der Waals surface area contributed by atoms with E-state index in [1.54, 1.807) is 37.3 Å². The lowest BCUT2D eigenvalue weighted by atomic mass is 9.87. The predicted octanol–water partition coefficient (Wildman–Crippen LogP) is 5.82. The monoisotopic (exact) mass is 627 g/mol. The molecule has 4 N–H and O–H groups in total. The Morgan fingerprint density at radius 3 is 2.04 bits per heavy atom. The predicted molar refractivity (Wildman–Crippen MR) is 171 cm³/mol. The number of nitrogens with one attached hydrogen (secondary N) is 1. The minimum atomic E-state index is -1.58. The molecule has 1 rings (SSSR count). The van der Waals surface area contributed by atoms with Gasteiger partial charge >= 0.3 is 17.9 Å². The number of hydrogen-bond donors (Lipinski definition) is 4. The number of aliphatic carboxylic acids is 3. The highest BCUT2D eigenvalue weighted by atomic mass is 16.5. The van der Waals surface area contributed by atoms with Crippen molar-refractivity contribution in [2.45, 2.75) is 110 Å². The van der Waals surface area contributed by atoms with Crippen molar-refractivity contribution in [2.24, 2.45) is 11.8 Å². The van der Waals surface area contributed by atoms with Crippen molar-refractivity contribution in [2.75, 3.05) is 6.61 Å². The standard InChI is InChI=1S/C35H49NO9/c1-3-5-7-10-13-16-27(37)17-14-11-8-9-12-15-18-29(30(34(41)42)25-32(38)39)33(40)36-31(35(43)44)24-26-19-21-28(22-20-26)45-23-6-4-2/h15,18-22,29-31H,3,5,7-14,16-17,23-25H2,1-2H3,(H,36,40)(H,38,39)(H,41,42)(H,43,44)/b18-15+/t29-,30?,31-/m0/s1. The molecule has 0 radical (unpaired) electrons. The Hall–Kier alpha value is -4.13. The number of Topliss-reactive ketones (excluding diaryl/α,β-unsaturated/α-hetero) is 1. The average Bonchev–Trinajstić information content (AvgIpc) is 2.99. The summed E-state index contributed by atoms with van der Waals surface area (Å²) in [6.07, 6.45) is 12.7. The molecule has 0 saturated heterocycles. The van der Waals surface area contributed by atoms with Crippen LogP contribution in [0.1, 0.15) is 103 Å². The number of carbonyl (C=O) groups is 5. The summed E-state index contributed by atoms with van der Waals surface area (Å²) in [6, 6.07) is 5.25. The normalized spacial score (nSPS) is 12.8. The second-order valence-electron chi connectivity index (χ2n) is 11.1. The highest BCUT2D eigenvalue weighted by molar-refractivity contribution is 5.91. The van der Waals surface area contributed by atoms with Crippen LogP contribution in [0.25, 0.3) is 0 Å². The quantitative estimate of drug-likeness (QED) is 0.0593. The molecule has 10 nitrogen and oxygen atoms in total. The molecule has 0 fully saturated rings.